The molecule has 126 valence electrons. The average Bonchev–Trinajstić information content (AvgIpc) is 3.18. The van der Waals surface area contributed by atoms with Crippen LogP contribution in [0.4, 0.5) is 5.69 Å². The van der Waals surface area contributed by atoms with E-state index in [4.69, 9.17) is 0 Å². The molecule has 0 unspecified atom stereocenters. The SMILES string of the molecule is CC1(C)CS(=O)(=O)N(c2ccc(S(=O)(=O)NC3CC3)cc2)C1=O. The molecule has 1 N–H and O–H groups in total. The Balaban J connectivity index is 1.92. The molecule has 1 saturated heterocycles. The molecule has 1 aromatic rings. The van der Waals surface area contributed by atoms with Gasteiger partial charge in [-0.25, -0.2) is 25.9 Å². The maximum absolute atomic E-state index is 12.3. The first kappa shape index (κ1) is 16.4. The van der Waals surface area contributed by atoms with Crippen LogP contribution in [0.2, 0.25) is 0 Å². The topological polar surface area (TPSA) is 101 Å². The second kappa shape index (κ2) is 5.02. The molecule has 1 heterocycles. The third-order valence-electron chi connectivity index (χ3n) is 3.87. The second-order valence-electron chi connectivity index (χ2n) is 6.60. The highest BCUT2D eigenvalue weighted by Crippen LogP contribution is 2.36. The predicted molar refractivity (Wildman–Crippen MR) is 84.8 cm³/mol. The molecule has 0 aromatic heterocycles. The number of benzene rings is 1. The van der Waals surface area contributed by atoms with Gasteiger partial charge in [0, 0.05) is 6.04 Å². The van der Waals surface area contributed by atoms with E-state index in [1.807, 2.05) is 0 Å². The number of sulfonamides is 2. The van der Waals surface area contributed by atoms with Gasteiger partial charge < -0.3 is 0 Å². The van der Waals surface area contributed by atoms with Crippen LogP contribution in [0.25, 0.3) is 0 Å². The minimum atomic E-state index is -3.74. The van der Waals surface area contributed by atoms with Gasteiger partial charge >= 0.3 is 0 Å². The van der Waals surface area contributed by atoms with Crippen LogP contribution in [0.15, 0.2) is 29.2 Å². The molecule has 0 atom stereocenters. The van der Waals surface area contributed by atoms with E-state index in [-0.39, 0.29) is 22.4 Å². The van der Waals surface area contributed by atoms with Crippen molar-refractivity contribution in [3.05, 3.63) is 24.3 Å². The van der Waals surface area contributed by atoms with Crippen molar-refractivity contribution in [1.82, 2.24) is 4.72 Å². The normalized spacial score (nSPS) is 23.2. The summed E-state index contributed by atoms with van der Waals surface area (Å²) in [4.78, 5) is 12.3. The van der Waals surface area contributed by atoms with Gasteiger partial charge in [0.1, 0.15) is 0 Å². The van der Waals surface area contributed by atoms with Crippen molar-refractivity contribution >= 4 is 31.6 Å². The van der Waals surface area contributed by atoms with Crippen LogP contribution in [0.5, 0.6) is 0 Å². The molecule has 0 spiro atoms. The lowest BCUT2D eigenvalue weighted by atomic mass is 9.95. The van der Waals surface area contributed by atoms with Gasteiger partial charge in [-0.05, 0) is 51.0 Å². The van der Waals surface area contributed by atoms with Gasteiger partial charge in [0.25, 0.3) is 0 Å². The summed E-state index contributed by atoms with van der Waals surface area (Å²) in [6.07, 6.45) is 1.65. The van der Waals surface area contributed by atoms with E-state index < -0.39 is 31.4 Å². The van der Waals surface area contributed by atoms with E-state index in [1.165, 1.54) is 24.3 Å². The Kier molecular flexibility index (Phi) is 3.58. The minimum absolute atomic E-state index is 0.0130. The maximum Gasteiger partial charge on any atom is 0.247 e. The summed E-state index contributed by atoms with van der Waals surface area (Å²) < 4.78 is 51.9. The summed E-state index contributed by atoms with van der Waals surface area (Å²) in [6, 6.07) is 5.31. The summed E-state index contributed by atoms with van der Waals surface area (Å²) in [7, 11) is -7.34. The summed E-state index contributed by atoms with van der Waals surface area (Å²) in [6.45, 7) is 3.15. The van der Waals surface area contributed by atoms with Crippen LogP contribution in [0.3, 0.4) is 0 Å². The van der Waals surface area contributed by atoms with Gasteiger partial charge in [0.05, 0.1) is 21.8 Å². The highest BCUT2D eigenvalue weighted by atomic mass is 32.2. The van der Waals surface area contributed by atoms with Crippen LogP contribution in [-0.2, 0) is 24.8 Å². The molecule has 3 rings (SSSR count). The molecule has 0 radical (unpaired) electrons. The summed E-state index contributed by atoms with van der Waals surface area (Å²) in [5.74, 6) is -0.772. The molecule has 2 fully saturated rings. The molecular formula is C14H18N2O5S2. The van der Waals surface area contributed by atoms with Crippen molar-refractivity contribution in [3.63, 3.8) is 0 Å². The van der Waals surface area contributed by atoms with Crippen LogP contribution < -0.4 is 9.03 Å². The van der Waals surface area contributed by atoms with Crippen molar-refractivity contribution in [3.8, 4) is 0 Å². The second-order valence-corrected chi connectivity index (χ2v) is 10.1. The Morgan fingerprint density at radius 3 is 2.17 bits per heavy atom. The van der Waals surface area contributed by atoms with Crippen molar-refractivity contribution in [2.45, 2.75) is 37.6 Å². The summed E-state index contributed by atoms with van der Waals surface area (Å²) in [5.41, 5.74) is -0.831. The third-order valence-corrected chi connectivity index (χ3v) is 7.42. The third kappa shape index (κ3) is 3.00. The first-order valence-electron chi connectivity index (χ1n) is 7.23. The standard InChI is InChI=1S/C14H18N2O5S2/c1-14(2)9-22(18,19)16(13(14)17)11-5-7-12(8-6-11)23(20,21)15-10-3-4-10/h5-8,10,15H,3-4,9H2,1-2H3. The lowest BCUT2D eigenvalue weighted by molar-refractivity contribution is -0.123. The molecule has 1 aliphatic carbocycles. The quantitative estimate of drug-likeness (QED) is 0.859. The zero-order chi connectivity index (χ0) is 17.0. The van der Waals surface area contributed by atoms with Gasteiger partial charge in [0.2, 0.25) is 26.0 Å². The lowest BCUT2D eigenvalue weighted by Gasteiger charge is -2.17. The maximum atomic E-state index is 12.3. The number of hydrogen-bond donors (Lipinski definition) is 1. The van der Waals surface area contributed by atoms with E-state index in [1.54, 1.807) is 13.8 Å². The molecule has 1 aromatic carbocycles. The fourth-order valence-electron chi connectivity index (χ4n) is 2.51. The van der Waals surface area contributed by atoms with Crippen LogP contribution in [0.1, 0.15) is 26.7 Å². The molecule has 1 amide bonds. The number of nitrogens with one attached hydrogen (secondary N) is 1. The number of amides is 1. The number of hydrogen-bond acceptors (Lipinski definition) is 5. The number of nitrogens with zero attached hydrogens (tertiary/aromatic N) is 1. The van der Waals surface area contributed by atoms with E-state index in [9.17, 15) is 21.6 Å². The number of carbonyl (C=O) groups is 1. The van der Waals surface area contributed by atoms with Gasteiger partial charge in [-0.1, -0.05) is 0 Å². The highest BCUT2D eigenvalue weighted by molar-refractivity contribution is 7.94. The number of rotatable bonds is 4. The molecule has 0 bridgehead atoms. The first-order chi connectivity index (χ1) is 10.5. The summed E-state index contributed by atoms with van der Waals surface area (Å²) >= 11 is 0. The minimum Gasteiger partial charge on any atom is -0.273 e. The molecule has 1 saturated carbocycles. The molecule has 7 nitrogen and oxygen atoms in total. The Morgan fingerprint density at radius 1 is 1.17 bits per heavy atom. The average molecular weight is 358 g/mol. The van der Waals surface area contributed by atoms with Crippen molar-refractivity contribution in [1.29, 1.82) is 0 Å². The van der Waals surface area contributed by atoms with E-state index in [2.05, 4.69) is 4.72 Å². The van der Waals surface area contributed by atoms with E-state index >= 15 is 0 Å². The first-order valence-corrected chi connectivity index (χ1v) is 10.3. The van der Waals surface area contributed by atoms with E-state index in [0.717, 1.165) is 17.1 Å². The Bertz CT molecular complexity index is 853. The van der Waals surface area contributed by atoms with Gasteiger partial charge in [-0.2, -0.15) is 0 Å². The smallest absolute Gasteiger partial charge is 0.247 e. The summed E-state index contributed by atoms with van der Waals surface area (Å²) in [5, 5.41) is 0. The monoisotopic (exact) mass is 358 g/mol. The Morgan fingerprint density at radius 2 is 1.74 bits per heavy atom. The largest absolute Gasteiger partial charge is 0.273 e. The molecular weight excluding hydrogens is 340 g/mol. The molecule has 9 heteroatoms. The number of anilines is 1. The van der Waals surface area contributed by atoms with Crippen molar-refractivity contribution in [2.24, 2.45) is 5.41 Å². The fraction of sp³-hybridized carbons (Fsp3) is 0.500. The van der Waals surface area contributed by atoms with Crippen LogP contribution in [-0.4, -0.2) is 34.5 Å². The number of carbonyl (C=O) groups excluding carboxylic acids is 1. The van der Waals surface area contributed by atoms with Gasteiger partial charge in [0.15, 0.2) is 0 Å². The molecule has 1 aliphatic heterocycles. The predicted octanol–water partition coefficient (Wildman–Crippen LogP) is 0.830. The van der Waals surface area contributed by atoms with Gasteiger partial charge in [-0.15, -0.1) is 0 Å². The van der Waals surface area contributed by atoms with Gasteiger partial charge in [-0.3, -0.25) is 4.79 Å². The fourth-order valence-corrected chi connectivity index (χ4v) is 5.92. The van der Waals surface area contributed by atoms with Crippen molar-refractivity contribution in [2.75, 3.05) is 10.1 Å². The van der Waals surface area contributed by atoms with Crippen LogP contribution >= 0.6 is 0 Å². The van der Waals surface area contributed by atoms with Crippen LogP contribution in [0, 0.1) is 5.41 Å². The van der Waals surface area contributed by atoms with E-state index in [0.29, 0.717) is 0 Å². The molecule has 23 heavy (non-hydrogen) atoms. The lowest BCUT2D eigenvalue weighted by Crippen LogP contribution is -2.33. The highest BCUT2D eigenvalue weighted by Gasteiger charge is 2.49. The zero-order valence-corrected chi connectivity index (χ0v) is 14.4. The van der Waals surface area contributed by atoms with Crippen molar-refractivity contribution < 1.29 is 21.6 Å². The Labute approximate surface area is 135 Å². The zero-order valence-electron chi connectivity index (χ0n) is 12.8. The molecule has 2 aliphatic rings. The Hall–Kier alpha value is -1.45.